The highest BCUT2D eigenvalue weighted by molar-refractivity contribution is 7.80. The summed E-state index contributed by atoms with van der Waals surface area (Å²) >= 11 is 4.02. The van der Waals surface area contributed by atoms with Crippen LogP contribution in [0.15, 0.2) is 18.3 Å². The van der Waals surface area contributed by atoms with Gasteiger partial charge in [0, 0.05) is 11.8 Å². The molecule has 74 valence electrons. The van der Waals surface area contributed by atoms with Gasteiger partial charge in [-0.3, -0.25) is 10.1 Å². The van der Waals surface area contributed by atoms with E-state index < -0.39 is 4.92 Å². The van der Waals surface area contributed by atoms with E-state index in [1.807, 2.05) is 6.08 Å². The van der Waals surface area contributed by atoms with Crippen molar-refractivity contribution in [3.05, 3.63) is 39.7 Å². The number of aromatic nitrogens is 1. The van der Waals surface area contributed by atoms with Gasteiger partial charge in [-0.25, -0.2) is 4.98 Å². The molecule has 0 atom stereocenters. The van der Waals surface area contributed by atoms with Crippen molar-refractivity contribution in [3.63, 3.8) is 0 Å². The first-order valence-electron chi connectivity index (χ1n) is 4.03. The molecule has 0 saturated carbocycles. The van der Waals surface area contributed by atoms with Crippen LogP contribution in [-0.4, -0.2) is 15.7 Å². The lowest BCUT2D eigenvalue weighted by atomic mass is 10.2. The summed E-state index contributed by atoms with van der Waals surface area (Å²) in [7, 11) is 0. The molecule has 1 aromatic heterocycles. The minimum atomic E-state index is -0.452. The number of rotatable bonds is 3. The van der Waals surface area contributed by atoms with Crippen LogP contribution >= 0.6 is 12.6 Å². The predicted molar refractivity (Wildman–Crippen MR) is 58.5 cm³/mol. The molecule has 0 aliphatic carbocycles. The molecule has 5 heteroatoms. The Kier molecular flexibility index (Phi) is 3.64. The lowest BCUT2D eigenvalue weighted by molar-refractivity contribution is -0.385. The highest BCUT2D eigenvalue weighted by Gasteiger charge is 2.07. The van der Waals surface area contributed by atoms with Gasteiger partial charge >= 0.3 is 0 Å². The number of thiol groups is 1. The first-order chi connectivity index (χ1) is 6.65. The van der Waals surface area contributed by atoms with Crippen molar-refractivity contribution < 1.29 is 4.92 Å². The van der Waals surface area contributed by atoms with Gasteiger partial charge in [0.25, 0.3) is 5.69 Å². The Hall–Kier alpha value is -1.36. The average molecular weight is 210 g/mol. The van der Waals surface area contributed by atoms with Crippen LogP contribution in [0.1, 0.15) is 11.3 Å². The van der Waals surface area contributed by atoms with Crippen molar-refractivity contribution in [2.75, 3.05) is 5.75 Å². The second-order valence-corrected chi connectivity index (χ2v) is 3.10. The molecule has 0 aromatic carbocycles. The Morgan fingerprint density at radius 1 is 1.71 bits per heavy atom. The van der Waals surface area contributed by atoms with Gasteiger partial charge in [0.1, 0.15) is 6.20 Å². The molecular weight excluding hydrogens is 200 g/mol. The van der Waals surface area contributed by atoms with Crippen molar-refractivity contribution in [1.82, 2.24) is 4.98 Å². The number of hydrogen-bond donors (Lipinski definition) is 1. The Morgan fingerprint density at radius 3 is 2.93 bits per heavy atom. The van der Waals surface area contributed by atoms with E-state index in [4.69, 9.17) is 0 Å². The van der Waals surface area contributed by atoms with Crippen LogP contribution in [0.25, 0.3) is 6.08 Å². The Morgan fingerprint density at radius 2 is 2.43 bits per heavy atom. The van der Waals surface area contributed by atoms with E-state index in [1.54, 1.807) is 13.0 Å². The quantitative estimate of drug-likeness (QED) is 0.473. The number of hydrogen-bond acceptors (Lipinski definition) is 4. The van der Waals surface area contributed by atoms with Gasteiger partial charge in [0.2, 0.25) is 0 Å². The van der Waals surface area contributed by atoms with Gasteiger partial charge in [0.05, 0.1) is 10.6 Å². The van der Waals surface area contributed by atoms with Crippen molar-refractivity contribution in [3.8, 4) is 0 Å². The second kappa shape index (κ2) is 4.76. The zero-order valence-corrected chi connectivity index (χ0v) is 8.57. The zero-order chi connectivity index (χ0) is 10.6. The number of aryl methyl sites for hydroxylation is 1. The summed E-state index contributed by atoms with van der Waals surface area (Å²) in [5, 5.41) is 10.4. The first-order valence-corrected chi connectivity index (χ1v) is 4.67. The summed E-state index contributed by atoms with van der Waals surface area (Å²) in [4.78, 5) is 13.9. The fourth-order valence-corrected chi connectivity index (χ4v) is 1.11. The maximum absolute atomic E-state index is 10.4. The Balaban J connectivity index is 3.01. The van der Waals surface area contributed by atoms with Gasteiger partial charge in [-0.15, -0.1) is 0 Å². The second-order valence-electron chi connectivity index (χ2n) is 2.74. The summed E-state index contributed by atoms with van der Waals surface area (Å²) in [5.41, 5.74) is 1.55. The standard InChI is InChI=1S/C9H10N2O2S/c1-7-5-8(11(12)13)6-10-9(7)3-2-4-14/h2-3,5-6,14H,4H2,1H3. The molecule has 0 saturated heterocycles. The van der Waals surface area contributed by atoms with Crippen molar-refractivity contribution in [2.24, 2.45) is 0 Å². The van der Waals surface area contributed by atoms with E-state index >= 15 is 0 Å². The summed E-state index contributed by atoms with van der Waals surface area (Å²) in [6.07, 6.45) is 4.89. The van der Waals surface area contributed by atoms with E-state index in [0.29, 0.717) is 5.75 Å². The van der Waals surface area contributed by atoms with E-state index in [1.165, 1.54) is 12.3 Å². The number of nitrogens with zero attached hydrogens (tertiary/aromatic N) is 2. The molecule has 0 aliphatic heterocycles. The minimum Gasteiger partial charge on any atom is -0.258 e. The summed E-state index contributed by atoms with van der Waals surface area (Å²) < 4.78 is 0. The molecule has 0 radical (unpaired) electrons. The third-order valence-corrected chi connectivity index (χ3v) is 1.91. The summed E-state index contributed by atoms with van der Waals surface area (Å²) in [5.74, 6) is 0.623. The third kappa shape index (κ3) is 2.56. The molecule has 0 fully saturated rings. The number of pyridine rings is 1. The molecular formula is C9H10N2O2S. The topological polar surface area (TPSA) is 56.0 Å². The molecule has 1 rings (SSSR count). The lowest BCUT2D eigenvalue weighted by Crippen LogP contribution is -1.93. The van der Waals surface area contributed by atoms with Gasteiger partial charge in [-0.05, 0) is 18.6 Å². The highest BCUT2D eigenvalue weighted by Crippen LogP contribution is 2.15. The van der Waals surface area contributed by atoms with Crippen LogP contribution in [0, 0.1) is 17.0 Å². The third-order valence-electron chi connectivity index (χ3n) is 1.70. The first kappa shape index (κ1) is 10.7. The van der Waals surface area contributed by atoms with Crippen molar-refractivity contribution >= 4 is 24.4 Å². The van der Waals surface area contributed by atoms with E-state index in [-0.39, 0.29) is 5.69 Å². The van der Waals surface area contributed by atoms with Crippen LogP contribution in [0.4, 0.5) is 5.69 Å². The normalized spacial score (nSPS) is 10.7. The largest absolute Gasteiger partial charge is 0.287 e. The van der Waals surface area contributed by atoms with Crippen LogP contribution in [0.2, 0.25) is 0 Å². The maximum Gasteiger partial charge on any atom is 0.287 e. The van der Waals surface area contributed by atoms with Gasteiger partial charge < -0.3 is 0 Å². The average Bonchev–Trinajstić information content (AvgIpc) is 2.15. The van der Waals surface area contributed by atoms with E-state index in [9.17, 15) is 10.1 Å². The SMILES string of the molecule is Cc1cc([N+](=O)[O-])cnc1C=CCS. The smallest absolute Gasteiger partial charge is 0.258 e. The van der Waals surface area contributed by atoms with Gasteiger partial charge in [-0.2, -0.15) is 12.6 Å². The van der Waals surface area contributed by atoms with E-state index in [0.717, 1.165) is 11.3 Å². The molecule has 0 unspecified atom stereocenters. The monoisotopic (exact) mass is 210 g/mol. The molecule has 4 nitrogen and oxygen atoms in total. The van der Waals surface area contributed by atoms with E-state index in [2.05, 4.69) is 17.6 Å². The fourth-order valence-electron chi connectivity index (χ4n) is 1.01. The maximum atomic E-state index is 10.4. The lowest BCUT2D eigenvalue weighted by Gasteiger charge is -1.98. The zero-order valence-electron chi connectivity index (χ0n) is 7.67. The summed E-state index contributed by atoms with van der Waals surface area (Å²) in [6.45, 7) is 1.79. The molecule has 14 heavy (non-hydrogen) atoms. The fraction of sp³-hybridized carbons (Fsp3) is 0.222. The molecule has 0 amide bonds. The summed E-state index contributed by atoms with van der Waals surface area (Å²) in [6, 6.07) is 1.51. The predicted octanol–water partition coefficient (Wildman–Crippen LogP) is 2.24. The molecule has 1 aromatic rings. The molecule has 0 spiro atoms. The van der Waals surface area contributed by atoms with Crippen LogP contribution in [-0.2, 0) is 0 Å². The van der Waals surface area contributed by atoms with Crippen LogP contribution in [0.3, 0.4) is 0 Å². The number of nitro groups is 1. The van der Waals surface area contributed by atoms with Gasteiger partial charge in [0.15, 0.2) is 0 Å². The van der Waals surface area contributed by atoms with Crippen molar-refractivity contribution in [2.45, 2.75) is 6.92 Å². The van der Waals surface area contributed by atoms with Gasteiger partial charge in [-0.1, -0.05) is 6.08 Å². The van der Waals surface area contributed by atoms with Crippen LogP contribution in [0.5, 0.6) is 0 Å². The molecule has 0 aliphatic rings. The Bertz CT molecular complexity index is 377. The van der Waals surface area contributed by atoms with Crippen molar-refractivity contribution in [1.29, 1.82) is 0 Å². The highest BCUT2D eigenvalue weighted by atomic mass is 32.1. The minimum absolute atomic E-state index is 0.0190. The molecule has 0 N–H and O–H groups in total. The Labute approximate surface area is 87.2 Å². The molecule has 0 bridgehead atoms. The molecule has 1 heterocycles. The van der Waals surface area contributed by atoms with Crippen LogP contribution < -0.4 is 0 Å².